The Kier molecular flexibility index (Phi) is 27.6. The van der Waals surface area contributed by atoms with Crippen molar-refractivity contribution in [1.29, 1.82) is 0 Å². The molecule has 14 heteroatoms. The predicted molar refractivity (Wildman–Crippen MR) is 198 cm³/mol. The van der Waals surface area contributed by atoms with Gasteiger partial charge in [-0.3, -0.25) is 18.6 Å². The maximum atomic E-state index is 12.7. The molecular formula is C38H69O13P. The van der Waals surface area contributed by atoms with Crippen molar-refractivity contribution < 1.29 is 63.1 Å². The summed E-state index contributed by atoms with van der Waals surface area (Å²) in [6.45, 7) is 3.18. The molecule has 13 nitrogen and oxygen atoms in total. The van der Waals surface area contributed by atoms with Crippen molar-refractivity contribution in [3.63, 3.8) is 0 Å². The Bertz CT molecular complexity index is 1020. The molecule has 1 fully saturated rings. The highest BCUT2D eigenvalue weighted by Crippen LogP contribution is 2.47. The molecule has 0 saturated heterocycles. The second-order valence-corrected chi connectivity index (χ2v) is 15.2. The highest BCUT2D eigenvalue weighted by Gasteiger charge is 2.51. The summed E-state index contributed by atoms with van der Waals surface area (Å²) in [5, 5.41) is 49.9. The van der Waals surface area contributed by atoms with Crippen LogP contribution in [0.15, 0.2) is 24.3 Å². The van der Waals surface area contributed by atoms with Crippen molar-refractivity contribution >= 4 is 19.8 Å². The van der Waals surface area contributed by atoms with Gasteiger partial charge in [0.2, 0.25) is 0 Å². The molecule has 0 aromatic rings. The highest BCUT2D eigenvalue weighted by molar-refractivity contribution is 7.47. The first-order chi connectivity index (χ1) is 24.9. The molecule has 0 radical (unpaired) electrons. The van der Waals surface area contributed by atoms with Gasteiger partial charge in [0.05, 0.1) is 6.61 Å². The van der Waals surface area contributed by atoms with Crippen LogP contribution in [-0.2, 0) is 32.7 Å². The molecule has 6 N–H and O–H groups in total. The number of carbonyl (C=O) groups excluding carboxylic acids is 2. The van der Waals surface area contributed by atoms with Crippen LogP contribution in [0.25, 0.3) is 0 Å². The van der Waals surface area contributed by atoms with Gasteiger partial charge in [-0.15, -0.1) is 0 Å². The van der Waals surface area contributed by atoms with Gasteiger partial charge >= 0.3 is 19.8 Å². The zero-order valence-electron chi connectivity index (χ0n) is 31.6. The van der Waals surface area contributed by atoms with Crippen LogP contribution in [-0.4, -0.2) is 98.3 Å². The van der Waals surface area contributed by atoms with E-state index in [1.807, 2.05) is 0 Å². The van der Waals surface area contributed by atoms with E-state index in [0.29, 0.717) is 12.8 Å². The van der Waals surface area contributed by atoms with Crippen LogP contribution in [0.4, 0.5) is 0 Å². The number of aliphatic hydroxyl groups is 5. The first-order valence-electron chi connectivity index (χ1n) is 19.6. The largest absolute Gasteiger partial charge is 0.472 e. The Morgan fingerprint density at radius 1 is 0.596 bits per heavy atom. The summed E-state index contributed by atoms with van der Waals surface area (Å²) >= 11 is 0. The van der Waals surface area contributed by atoms with Gasteiger partial charge in [0.15, 0.2) is 6.10 Å². The van der Waals surface area contributed by atoms with E-state index in [0.717, 1.165) is 64.2 Å². The molecule has 0 aliphatic heterocycles. The summed E-state index contributed by atoms with van der Waals surface area (Å²) < 4.78 is 33.3. The van der Waals surface area contributed by atoms with Gasteiger partial charge in [-0.1, -0.05) is 122 Å². The third kappa shape index (κ3) is 22.5. The number of hydrogen-bond donors (Lipinski definition) is 6. The summed E-state index contributed by atoms with van der Waals surface area (Å²) in [6, 6.07) is 0. The van der Waals surface area contributed by atoms with Gasteiger partial charge in [0.25, 0.3) is 0 Å². The highest BCUT2D eigenvalue weighted by atomic mass is 31.2. The fourth-order valence-corrected chi connectivity index (χ4v) is 6.75. The minimum Gasteiger partial charge on any atom is -0.462 e. The van der Waals surface area contributed by atoms with Crippen LogP contribution in [0, 0.1) is 0 Å². The molecule has 0 spiro atoms. The molecule has 0 aromatic carbocycles. The number of phosphoric ester groups is 1. The van der Waals surface area contributed by atoms with Gasteiger partial charge in [-0.05, 0) is 38.5 Å². The number of allylic oxidation sites excluding steroid dienone is 4. The third-order valence-corrected chi connectivity index (χ3v) is 10.0. The van der Waals surface area contributed by atoms with Gasteiger partial charge in [0, 0.05) is 12.8 Å². The van der Waals surface area contributed by atoms with Gasteiger partial charge in [-0.25, -0.2) is 4.57 Å². The van der Waals surface area contributed by atoms with E-state index >= 15 is 0 Å². The van der Waals surface area contributed by atoms with E-state index in [2.05, 4.69) is 38.2 Å². The lowest BCUT2D eigenvalue weighted by Crippen LogP contribution is -2.64. The third-order valence-electron chi connectivity index (χ3n) is 9.05. The van der Waals surface area contributed by atoms with Crippen molar-refractivity contribution in [2.24, 2.45) is 0 Å². The SMILES string of the molecule is CCCC/C=C\C/C=C\CCCCCCCC(=O)O[C@H](COC(=O)CCCCCCCCCCC)COP(=O)(O)OC1C(O)C(O)C(O)[C@@H](O)C1O. The quantitative estimate of drug-likeness (QED) is 0.0204. The van der Waals surface area contributed by atoms with Gasteiger partial charge < -0.3 is 39.9 Å². The molecule has 6 unspecified atom stereocenters. The number of aliphatic hydroxyl groups excluding tert-OH is 5. The average Bonchev–Trinajstić information content (AvgIpc) is 3.12. The molecule has 0 heterocycles. The Morgan fingerprint density at radius 3 is 1.62 bits per heavy atom. The first kappa shape index (κ1) is 48.3. The Morgan fingerprint density at radius 2 is 1.06 bits per heavy atom. The minimum absolute atomic E-state index is 0.0823. The number of phosphoric acid groups is 1. The lowest BCUT2D eigenvalue weighted by molar-refractivity contribution is -0.220. The number of hydrogen-bond acceptors (Lipinski definition) is 12. The maximum Gasteiger partial charge on any atom is 0.472 e. The number of ether oxygens (including phenoxy) is 2. The fraction of sp³-hybridized carbons (Fsp3) is 0.842. The molecule has 304 valence electrons. The van der Waals surface area contributed by atoms with E-state index in [9.17, 15) is 44.6 Å². The second kappa shape index (κ2) is 29.7. The van der Waals surface area contributed by atoms with Crippen molar-refractivity contribution in [3.05, 3.63) is 24.3 Å². The van der Waals surface area contributed by atoms with Crippen LogP contribution in [0.2, 0.25) is 0 Å². The zero-order valence-corrected chi connectivity index (χ0v) is 32.5. The van der Waals surface area contributed by atoms with Crippen LogP contribution < -0.4 is 0 Å². The molecule has 1 aliphatic carbocycles. The molecule has 1 rings (SSSR count). The van der Waals surface area contributed by atoms with Gasteiger partial charge in [0.1, 0.15) is 43.2 Å². The van der Waals surface area contributed by atoms with Gasteiger partial charge in [-0.2, -0.15) is 0 Å². The van der Waals surface area contributed by atoms with Crippen molar-refractivity contribution in [1.82, 2.24) is 0 Å². The summed E-state index contributed by atoms with van der Waals surface area (Å²) in [5.41, 5.74) is 0. The Balaban J connectivity index is 2.55. The van der Waals surface area contributed by atoms with Crippen LogP contribution >= 0.6 is 7.82 Å². The number of rotatable bonds is 31. The number of unbranched alkanes of at least 4 members (excludes halogenated alkanes) is 15. The molecule has 52 heavy (non-hydrogen) atoms. The van der Waals surface area contributed by atoms with Crippen molar-refractivity contribution in [2.45, 2.75) is 191 Å². The molecule has 0 amide bonds. The summed E-state index contributed by atoms with van der Waals surface area (Å²) in [5.74, 6) is -1.12. The topological polar surface area (TPSA) is 210 Å². The zero-order chi connectivity index (χ0) is 38.6. The smallest absolute Gasteiger partial charge is 0.462 e. The summed E-state index contributed by atoms with van der Waals surface area (Å²) in [7, 11) is -5.11. The minimum atomic E-state index is -5.11. The lowest BCUT2D eigenvalue weighted by Gasteiger charge is -2.41. The summed E-state index contributed by atoms with van der Waals surface area (Å²) in [6.07, 6.45) is 15.5. The fourth-order valence-electron chi connectivity index (χ4n) is 5.77. The maximum absolute atomic E-state index is 12.7. The molecule has 1 aliphatic rings. The first-order valence-corrected chi connectivity index (χ1v) is 21.1. The van der Waals surface area contributed by atoms with E-state index in [-0.39, 0.29) is 12.8 Å². The Labute approximate surface area is 311 Å². The lowest BCUT2D eigenvalue weighted by atomic mass is 9.85. The standard InChI is InChI=1S/C38H69O13P/c1-3-5-7-9-11-13-14-15-16-17-19-21-23-25-27-32(40)50-30(28-48-31(39)26-24-22-20-18-12-10-8-6-4-2)29-49-52(46,47)51-38-36(44)34(42)33(41)35(43)37(38)45/h9,11,14-15,30,33-38,41-45H,3-8,10,12-13,16-29H2,1-2H3,(H,46,47)/b11-9-,15-14-/t30-,33?,34-,35?,36?,37?,38?/m1/s1. The van der Waals surface area contributed by atoms with E-state index in [1.54, 1.807) is 0 Å². The normalized spacial score (nSPS) is 23.9. The van der Waals surface area contributed by atoms with Crippen molar-refractivity contribution in [2.75, 3.05) is 13.2 Å². The molecule has 0 bridgehead atoms. The Hall–Kier alpha value is -1.67. The predicted octanol–water partition coefficient (Wildman–Crippen LogP) is 6.11. The van der Waals surface area contributed by atoms with Crippen LogP contribution in [0.5, 0.6) is 0 Å². The van der Waals surface area contributed by atoms with E-state index < -0.39 is 75.7 Å². The van der Waals surface area contributed by atoms with Crippen LogP contribution in [0.1, 0.15) is 149 Å². The molecular weight excluding hydrogens is 695 g/mol. The molecule has 1 saturated carbocycles. The number of carbonyl (C=O) groups is 2. The second-order valence-electron chi connectivity index (χ2n) is 13.8. The van der Waals surface area contributed by atoms with Crippen LogP contribution in [0.3, 0.4) is 0 Å². The molecule has 8 atom stereocenters. The average molecular weight is 765 g/mol. The molecule has 0 aromatic heterocycles. The van der Waals surface area contributed by atoms with Crippen molar-refractivity contribution in [3.8, 4) is 0 Å². The number of esters is 2. The van der Waals surface area contributed by atoms with E-state index in [1.165, 1.54) is 44.9 Å². The monoisotopic (exact) mass is 764 g/mol. The summed E-state index contributed by atoms with van der Waals surface area (Å²) in [4.78, 5) is 35.4. The van der Waals surface area contributed by atoms with E-state index in [4.69, 9.17) is 18.5 Å².